The smallest absolute Gasteiger partial charge is 0.246 e. The molecule has 0 saturated carbocycles. The second-order valence-corrected chi connectivity index (χ2v) is 6.32. The maximum atomic E-state index is 12.4. The van der Waals surface area contributed by atoms with Gasteiger partial charge < -0.3 is 10.2 Å². The first-order chi connectivity index (χ1) is 7.64. The Bertz CT molecular complexity index is 318. The summed E-state index contributed by atoms with van der Waals surface area (Å²) in [6, 6.07) is -0.316. The van der Waals surface area contributed by atoms with Gasteiger partial charge in [0.25, 0.3) is 0 Å². The van der Waals surface area contributed by atoms with Crippen molar-refractivity contribution in [3.8, 4) is 0 Å². The summed E-state index contributed by atoms with van der Waals surface area (Å²) in [6.07, 6.45) is 0. The van der Waals surface area contributed by atoms with Crippen LogP contribution in [-0.4, -0.2) is 35.3 Å². The molecule has 17 heavy (non-hydrogen) atoms. The van der Waals surface area contributed by atoms with Crippen LogP contribution >= 0.6 is 0 Å². The molecular formula is C13H24N2O2. The lowest BCUT2D eigenvalue weighted by atomic mass is 9.84. The maximum absolute atomic E-state index is 12.4. The van der Waals surface area contributed by atoms with Crippen LogP contribution in [0.1, 0.15) is 41.5 Å². The van der Waals surface area contributed by atoms with Gasteiger partial charge in [-0.25, -0.2) is 0 Å². The van der Waals surface area contributed by atoms with Gasteiger partial charge in [0.2, 0.25) is 11.8 Å². The van der Waals surface area contributed by atoms with E-state index >= 15 is 0 Å². The van der Waals surface area contributed by atoms with E-state index in [9.17, 15) is 9.59 Å². The first kappa shape index (κ1) is 14.0. The molecule has 2 atom stereocenters. The van der Waals surface area contributed by atoms with Crippen LogP contribution in [0.3, 0.4) is 0 Å². The topological polar surface area (TPSA) is 49.4 Å². The van der Waals surface area contributed by atoms with Gasteiger partial charge in [-0.3, -0.25) is 9.59 Å². The number of hydrogen-bond acceptors (Lipinski definition) is 2. The molecule has 1 fully saturated rings. The average molecular weight is 240 g/mol. The molecule has 0 aliphatic carbocycles. The monoisotopic (exact) mass is 240 g/mol. The number of carbonyl (C=O) groups is 2. The third-order valence-corrected chi connectivity index (χ3v) is 3.47. The molecule has 1 aliphatic rings. The summed E-state index contributed by atoms with van der Waals surface area (Å²) in [7, 11) is 0. The number of carbonyl (C=O) groups excluding carboxylic acids is 2. The minimum absolute atomic E-state index is 0.0401. The molecule has 4 heteroatoms. The predicted octanol–water partition coefficient (Wildman–Crippen LogP) is 1.40. The molecule has 0 aromatic heterocycles. The highest BCUT2D eigenvalue weighted by atomic mass is 16.2. The largest absolute Gasteiger partial charge is 0.342 e. The Labute approximate surface area is 104 Å². The Hall–Kier alpha value is -1.06. The van der Waals surface area contributed by atoms with Gasteiger partial charge in [-0.1, -0.05) is 34.6 Å². The summed E-state index contributed by atoms with van der Waals surface area (Å²) in [4.78, 5) is 25.8. The Morgan fingerprint density at radius 1 is 1.24 bits per heavy atom. The molecule has 4 nitrogen and oxygen atoms in total. The molecule has 0 aromatic rings. The first-order valence-corrected chi connectivity index (χ1v) is 6.24. The lowest BCUT2D eigenvalue weighted by Crippen LogP contribution is -2.64. The molecule has 2 amide bonds. The van der Waals surface area contributed by atoms with Gasteiger partial charge in [-0.15, -0.1) is 0 Å². The summed E-state index contributed by atoms with van der Waals surface area (Å²) in [5.74, 6) is 0.334. The van der Waals surface area contributed by atoms with Gasteiger partial charge in [0.15, 0.2) is 0 Å². The number of nitrogens with zero attached hydrogens (tertiary/aromatic N) is 1. The van der Waals surface area contributed by atoms with Gasteiger partial charge in [-0.2, -0.15) is 0 Å². The van der Waals surface area contributed by atoms with Crippen molar-refractivity contribution in [3.05, 3.63) is 0 Å². The SMILES string of the molecule is CC(C)C(C)N1CC(=O)NC(C(C)(C)C)C1=O. The van der Waals surface area contributed by atoms with Gasteiger partial charge in [-0.05, 0) is 18.3 Å². The molecular weight excluding hydrogens is 216 g/mol. The van der Waals surface area contributed by atoms with Crippen molar-refractivity contribution in [1.29, 1.82) is 0 Å². The van der Waals surface area contributed by atoms with Crippen molar-refractivity contribution in [2.75, 3.05) is 6.54 Å². The van der Waals surface area contributed by atoms with Crippen LogP contribution in [0.4, 0.5) is 0 Å². The Morgan fingerprint density at radius 3 is 2.18 bits per heavy atom. The molecule has 0 bridgehead atoms. The molecule has 1 N–H and O–H groups in total. The third kappa shape index (κ3) is 2.99. The van der Waals surface area contributed by atoms with Crippen LogP contribution < -0.4 is 5.32 Å². The van der Waals surface area contributed by atoms with Crippen LogP contribution in [0.5, 0.6) is 0 Å². The van der Waals surface area contributed by atoms with Crippen molar-refractivity contribution in [2.45, 2.75) is 53.6 Å². The van der Waals surface area contributed by atoms with Crippen molar-refractivity contribution in [3.63, 3.8) is 0 Å². The highest BCUT2D eigenvalue weighted by Gasteiger charge is 2.41. The zero-order valence-electron chi connectivity index (χ0n) is 11.7. The second kappa shape index (κ2) is 4.67. The molecule has 98 valence electrons. The molecule has 1 aliphatic heterocycles. The Kier molecular flexibility index (Phi) is 3.84. The molecule has 1 saturated heterocycles. The minimum atomic E-state index is -0.412. The normalized spacial score (nSPS) is 23.9. The zero-order chi connectivity index (χ0) is 13.4. The fourth-order valence-corrected chi connectivity index (χ4v) is 1.96. The fraction of sp³-hybridized carbons (Fsp3) is 0.846. The quantitative estimate of drug-likeness (QED) is 0.793. The Balaban J connectivity index is 2.94. The summed E-state index contributed by atoms with van der Waals surface area (Å²) in [5.41, 5.74) is -0.248. The van der Waals surface area contributed by atoms with E-state index in [2.05, 4.69) is 19.2 Å². The number of nitrogens with one attached hydrogen (secondary N) is 1. The van der Waals surface area contributed by atoms with Gasteiger partial charge >= 0.3 is 0 Å². The molecule has 1 rings (SSSR count). The van der Waals surface area contributed by atoms with E-state index in [-0.39, 0.29) is 29.8 Å². The number of hydrogen-bond donors (Lipinski definition) is 1. The molecule has 0 spiro atoms. The molecule has 2 unspecified atom stereocenters. The van der Waals surface area contributed by atoms with E-state index in [0.717, 1.165) is 0 Å². The maximum Gasteiger partial charge on any atom is 0.246 e. The molecule has 1 heterocycles. The highest BCUT2D eigenvalue weighted by molar-refractivity contribution is 5.95. The van der Waals surface area contributed by atoms with Crippen LogP contribution in [0.25, 0.3) is 0 Å². The zero-order valence-corrected chi connectivity index (χ0v) is 11.7. The summed E-state index contributed by atoms with van der Waals surface area (Å²) < 4.78 is 0. The summed E-state index contributed by atoms with van der Waals surface area (Å²) in [6.45, 7) is 12.2. The van der Waals surface area contributed by atoms with Crippen molar-refractivity contribution in [1.82, 2.24) is 10.2 Å². The summed E-state index contributed by atoms with van der Waals surface area (Å²) >= 11 is 0. The molecule has 0 aromatic carbocycles. The van der Waals surface area contributed by atoms with Crippen LogP contribution in [0.2, 0.25) is 0 Å². The number of piperazine rings is 1. The minimum Gasteiger partial charge on any atom is -0.342 e. The van der Waals surface area contributed by atoms with E-state index < -0.39 is 6.04 Å². The molecule has 0 radical (unpaired) electrons. The number of amides is 2. The van der Waals surface area contributed by atoms with Crippen molar-refractivity contribution in [2.24, 2.45) is 11.3 Å². The fourth-order valence-electron chi connectivity index (χ4n) is 1.96. The number of rotatable bonds is 2. The van der Waals surface area contributed by atoms with Crippen molar-refractivity contribution < 1.29 is 9.59 Å². The first-order valence-electron chi connectivity index (χ1n) is 6.24. The van der Waals surface area contributed by atoms with Gasteiger partial charge in [0.1, 0.15) is 6.04 Å². The lowest BCUT2D eigenvalue weighted by Gasteiger charge is -2.42. The second-order valence-electron chi connectivity index (χ2n) is 6.32. The average Bonchev–Trinajstić information content (AvgIpc) is 2.18. The van der Waals surface area contributed by atoms with Crippen LogP contribution in [0, 0.1) is 11.3 Å². The Morgan fingerprint density at radius 2 is 1.76 bits per heavy atom. The third-order valence-electron chi connectivity index (χ3n) is 3.47. The van der Waals surface area contributed by atoms with E-state index in [1.807, 2.05) is 27.7 Å². The van der Waals surface area contributed by atoms with E-state index in [4.69, 9.17) is 0 Å². The summed E-state index contributed by atoms with van der Waals surface area (Å²) in [5, 5.41) is 2.80. The predicted molar refractivity (Wildman–Crippen MR) is 67.4 cm³/mol. The van der Waals surface area contributed by atoms with Crippen LogP contribution in [-0.2, 0) is 9.59 Å². The van der Waals surface area contributed by atoms with E-state index in [0.29, 0.717) is 5.92 Å². The lowest BCUT2D eigenvalue weighted by molar-refractivity contribution is -0.150. The highest BCUT2D eigenvalue weighted by Crippen LogP contribution is 2.25. The van der Waals surface area contributed by atoms with Gasteiger partial charge in [0.05, 0.1) is 6.54 Å². The van der Waals surface area contributed by atoms with Crippen LogP contribution in [0.15, 0.2) is 0 Å². The van der Waals surface area contributed by atoms with Gasteiger partial charge in [0, 0.05) is 6.04 Å². The van der Waals surface area contributed by atoms with E-state index in [1.165, 1.54) is 0 Å². The van der Waals surface area contributed by atoms with E-state index in [1.54, 1.807) is 4.90 Å². The standard InChI is InChI=1S/C13H24N2O2/c1-8(2)9(3)15-7-10(16)14-11(12(15)17)13(4,5)6/h8-9,11H,7H2,1-6H3,(H,14,16). The van der Waals surface area contributed by atoms with Crippen molar-refractivity contribution >= 4 is 11.8 Å².